The van der Waals surface area contributed by atoms with E-state index in [0.29, 0.717) is 10.7 Å². The number of carbonyl (C=O) groups is 1. The maximum absolute atomic E-state index is 12.5. The molecule has 0 bridgehead atoms. The van der Waals surface area contributed by atoms with Gasteiger partial charge in [-0.05, 0) is 45.4 Å². The van der Waals surface area contributed by atoms with E-state index in [1.165, 1.54) is 11.3 Å². The Morgan fingerprint density at radius 3 is 2.58 bits per heavy atom. The summed E-state index contributed by atoms with van der Waals surface area (Å²) in [6.45, 7) is 7.36. The molecular weight excluding hydrogens is 434 g/mol. The van der Waals surface area contributed by atoms with Crippen LogP contribution in [0.3, 0.4) is 0 Å². The number of halogens is 1. The van der Waals surface area contributed by atoms with Gasteiger partial charge in [0.15, 0.2) is 0 Å². The Morgan fingerprint density at radius 1 is 1.35 bits per heavy atom. The van der Waals surface area contributed by atoms with Gasteiger partial charge in [0.25, 0.3) is 0 Å². The van der Waals surface area contributed by atoms with Crippen molar-refractivity contribution >= 4 is 51.2 Å². The number of aliphatic imine (C=N–C) groups is 1. The van der Waals surface area contributed by atoms with Gasteiger partial charge < -0.3 is 10.4 Å². The Hall–Kier alpha value is -2.55. The monoisotopic (exact) mass is 459 g/mol. The zero-order valence-corrected chi connectivity index (χ0v) is 19.5. The van der Waals surface area contributed by atoms with Gasteiger partial charge in [0.2, 0.25) is 5.91 Å². The third-order valence-corrected chi connectivity index (χ3v) is 6.52. The Labute approximate surface area is 190 Å². The van der Waals surface area contributed by atoms with E-state index in [0.717, 1.165) is 26.6 Å². The van der Waals surface area contributed by atoms with Gasteiger partial charge in [-0.1, -0.05) is 23.7 Å². The Bertz CT molecular complexity index is 1060. The molecule has 7 nitrogen and oxygen atoms in total. The molecule has 1 aromatic heterocycles. The number of benzene rings is 1. The predicted octanol–water partition coefficient (Wildman–Crippen LogP) is 3.91. The van der Waals surface area contributed by atoms with E-state index in [1.807, 2.05) is 26.0 Å². The van der Waals surface area contributed by atoms with Crippen LogP contribution in [0.25, 0.3) is 0 Å². The molecule has 9 heteroatoms. The first-order chi connectivity index (χ1) is 14.6. The molecule has 2 heterocycles. The van der Waals surface area contributed by atoms with Crippen molar-refractivity contribution in [2.45, 2.75) is 46.3 Å². The maximum Gasteiger partial charge on any atom is 0.222 e. The molecule has 0 fully saturated rings. The molecule has 2 atom stereocenters. The summed E-state index contributed by atoms with van der Waals surface area (Å²) in [5.41, 5.74) is 3.41. The molecule has 0 saturated carbocycles. The molecule has 31 heavy (non-hydrogen) atoms. The molecular formula is C22H26ClN5O2S. The third kappa shape index (κ3) is 4.87. The first-order valence-corrected chi connectivity index (χ1v) is 11.1. The standard InChI is InChI=1S/C22H26ClN5O2S/c1-11(29)10-26-18(30)9-17-21(25)28(14(4)24)22-19(12(2)13(3)31-22)20(27-17)15-5-7-16(23)8-6-15/h5-8,11,17,24-25,29H,9-10H2,1-4H3,(H,26,30)/t11-,17+/m1/s1. The van der Waals surface area contributed by atoms with Crippen LogP contribution in [-0.2, 0) is 4.79 Å². The summed E-state index contributed by atoms with van der Waals surface area (Å²) in [7, 11) is 0. The quantitative estimate of drug-likeness (QED) is 0.401. The van der Waals surface area contributed by atoms with Crippen molar-refractivity contribution in [1.29, 1.82) is 10.8 Å². The van der Waals surface area contributed by atoms with Gasteiger partial charge in [-0.3, -0.25) is 25.5 Å². The molecule has 1 aromatic carbocycles. The van der Waals surface area contributed by atoms with E-state index in [9.17, 15) is 9.90 Å². The number of fused-ring (bicyclic) bond motifs is 1. The highest BCUT2D eigenvalue weighted by molar-refractivity contribution is 7.17. The second-order valence-corrected chi connectivity index (χ2v) is 9.27. The minimum absolute atomic E-state index is 0.0562. The van der Waals surface area contributed by atoms with E-state index in [1.54, 1.807) is 30.9 Å². The van der Waals surface area contributed by atoms with Crippen LogP contribution in [0.1, 0.15) is 41.8 Å². The lowest BCUT2D eigenvalue weighted by Gasteiger charge is -2.24. The van der Waals surface area contributed by atoms with Crippen molar-refractivity contribution in [2.75, 3.05) is 11.4 Å². The molecule has 0 unspecified atom stereocenters. The highest BCUT2D eigenvalue weighted by Crippen LogP contribution is 2.40. The second kappa shape index (κ2) is 9.30. The third-order valence-electron chi connectivity index (χ3n) is 5.07. The molecule has 0 saturated heterocycles. The Balaban J connectivity index is 2.15. The van der Waals surface area contributed by atoms with Crippen LogP contribution in [0.5, 0.6) is 0 Å². The van der Waals surface area contributed by atoms with Gasteiger partial charge in [-0.25, -0.2) is 0 Å². The van der Waals surface area contributed by atoms with Crippen LogP contribution in [0.15, 0.2) is 29.3 Å². The number of amidine groups is 2. The highest BCUT2D eigenvalue weighted by Gasteiger charge is 2.34. The first kappa shape index (κ1) is 23.1. The lowest BCUT2D eigenvalue weighted by molar-refractivity contribution is -0.121. The zero-order valence-electron chi connectivity index (χ0n) is 17.9. The molecule has 1 aliphatic heterocycles. The second-order valence-electron chi connectivity index (χ2n) is 7.63. The van der Waals surface area contributed by atoms with Crippen LogP contribution in [0.2, 0.25) is 5.02 Å². The minimum atomic E-state index is -0.778. The fourth-order valence-electron chi connectivity index (χ4n) is 3.40. The fraction of sp³-hybridized carbons (Fsp3) is 0.364. The number of hydrogen-bond donors (Lipinski definition) is 4. The highest BCUT2D eigenvalue weighted by atomic mass is 35.5. The number of nitrogens with zero attached hydrogens (tertiary/aromatic N) is 2. The van der Waals surface area contributed by atoms with E-state index >= 15 is 0 Å². The van der Waals surface area contributed by atoms with Gasteiger partial charge in [0, 0.05) is 27.6 Å². The number of hydrogen-bond acceptors (Lipinski definition) is 6. The van der Waals surface area contributed by atoms with Crippen molar-refractivity contribution < 1.29 is 9.90 Å². The molecule has 0 spiro atoms. The average Bonchev–Trinajstić information content (AvgIpc) is 2.91. The van der Waals surface area contributed by atoms with Crippen molar-refractivity contribution in [2.24, 2.45) is 4.99 Å². The van der Waals surface area contributed by atoms with E-state index < -0.39 is 12.1 Å². The summed E-state index contributed by atoms with van der Waals surface area (Å²) in [5.74, 6) is -0.0452. The Morgan fingerprint density at radius 2 is 2.00 bits per heavy atom. The number of nitrogens with one attached hydrogen (secondary N) is 3. The van der Waals surface area contributed by atoms with E-state index in [4.69, 9.17) is 27.4 Å². The van der Waals surface area contributed by atoms with Crippen LogP contribution in [0, 0.1) is 24.7 Å². The number of aryl methyl sites for hydroxylation is 1. The maximum atomic E-state index is 12.5. The zero-order chi connectivity index (χ0) is 22.9. The summed E-state index contributed by atoms with van der Waals surface area (Å²) in [6.07, 6.45) is -0.719. The van der Waals surface area contributed by atoms with Crippen molar-refractivity contribution in [3.63, 3.8) is 0 Å². The number of aliphatic hydroxyl groups is 1. The average molecular weight is 460 g/mol. The van der Waals surface area contributed by atoms with Crippen molar-refractivity contribution in [3.05, 3.63) is 50.9 Å². The summed E-state index contributed by atoms with van der Waals surface area (Å²) < 4.78 is 0. The molecule has 0 radical (unpaired) electrons. The minimum Gasteiger partial charge on any atom is -0.392 e. The van der Waals surface area contributed by atoms with E-state index in [-0.39, 0.29) is 30.5 Å². The summed E-state index contributed by atoms with van der Waals surface area (Å²) in [6, 6.07) is 6.54. The summed E-state index contributed by atoms with van der Waals surface area (Å²) in [4.78, 5) is 20.0. The fourth-order valence-corrected chi connectivity index (χ4v) is 4.75. The molecule has 2 aromatic rings. The van der Waals surface area contributed by atoms with Crippen LogP contribution >= 0.6 is 22.9 Å². The molecule has 4 N–H and O–H groups in total. The van der Waals surface area contributed by atoms with Gasteiger partial charge in [0.1, 0.15) is 22.7 Å². The van der Waals surface area contributed by atoms with Gasteiger partial charge >= 0.3 is 0 Å². The summed E-state index contributed by atoms with van der Waals surface area (Å²) in [5, 5.41) is 30.6. The number of rotatable bonds is 5. The normalized spacial score (nSPS) is 17.0. The SMILES string of the molecule is CC(=N)N1C(=N)[C@H](CC(=O)NC[C@@H](C)O)N=C(c2ccc(Cl)cc2)c2c1sc(C)c2C. The van der Waals surface area contributed by atoms with Crippen LogP contribution < -0.4 is 10.2 Å². The smallest absolute Gasteiger partial charge is 0.222 e. The summed E-state index contributed by atoms with van der Waals surface area (Å²) >= 11 is 7.59. The van der Waals surface area contributed by atoms with Crippen LogP contribution in [0.4, 0.5) is 5.00 Å². The molecule has 164 valence electrons. The number of aliphatic hydroxyl groups excluding tert-OH is 1. The first-order valence-electron chi connectivity index (χ1n) is 9.92. The number of carbonyl (C=O) groups excluding carboxylic acids is 1. The topological polar surface area (TPSA) is 113 Å². The van der Waals surface area contributed by atoms with Gasteiger partial charge in [0.05, 0.1) is 18.2 Å². The lowest BCUT2D eigenvalue weighted by Crippen LogP contribution is -2.42. The van der Waals surface area contributed by atoms with E-state index in [2.05, 4.69) is 5.32 Å². The molecule has 3 rings (SSSR count). The number of amides is 1. The predicted molar refractivity (Wildman–Crippen MR) is 128 cm³/mol. The van der Waals surface area contributed by atoms with Crippen molar-refractivity contribution in [3.8, 4) is 0 Å². The van der Waals surface area contributed by atoms with Crippen LogP contribution in [-0.4, -0.2) is 47.1 Å². The number of anilines is 1. The van der Waals surface area contributed by atoms with Crippen molar-refractivity contribution in [1.82, 2.24) is 5.32 Å². The Kier molecular flexibility index (Phi) is 6.93. The molecule has 0 aliphatic carbocycles. The lowest BCUT2D eigenvalue weighted by atomic mass is 9.99. The van der Waals surface area contributed by atoms with Gasteiger partial charge in [-0.2, -0.15) is 0 Å². The van der Waals surface area contributed by atoms with Gasteiger partial charge in [-0.15, -0.1) is 11.3 Å². The molecule has 1 amide bonds. The molecule has 1 aliphatic rings. The largest absolute Gasteiger partial charge is 0.392 e. The number of thiophene rings is 1.